The van der Waals surface area contributed by atoms with E-state index >= 15 is 0 Å². The molecule has 0 aromatic heterocycles. The molecular weight excluding hydrogens is 322 g/mol. The highest BCUT2D eigenvalue weighted by molar-refractivity contribution is 5.80. The average molecular weight is 355 g/mol. The van der Waals surface area contributed by atoms with Crippen LogP contribution in [0.25, 0.3) is 0 Å². The number of carbonyl (C=O) groups is 2. The maximum absolute atomic E-state index is 12.3. The van der Waals surface area contributed by atoms with Crippen LogP contribution in [0, 0.1) is 11.8 Å². The normalized spacial score (nSPS) is 22.8. The Kier molecular flexibility index (Phi) is 8.64. The number of hydrogen-bond acceptors (Lipinski definition) is 5. The monoisotopic (exact) mass is 355 g/mol. The first-order chi connectivity index (χ1) is 12.1. The minimum Gasteiger partial charge on any atom is -0.396 e. The number of ether oxygens (including phenoxy) is 1. The number of aliphatic hydroxyl groups is 1. The summed E-state index contributed by atoms with van der Waals surface area (Å²) in [7, 11) is 0. The molecule has 25 heavy (non-hydrogen) atoms. The van der Waals surface area contributed by atoms with Crippen molar-refractivity contribution in [2.45, 2.75) is 32.6 Å². The average Bonchev–Trinajstić information content (AvgIpc) is 2.66. The van der Waals surface area contributed by atoms with Gasteiger partial charge in [-0.3, -0.25) is 9.59 Å². The number of hydrogen-bond donors (Lipinski definition) is 2. The molecule has 0 unspecified atom stereocenters. The van der Waals surface area contributed by atoms with Crippen molar-refractivity contribution in [2.24, 2.45) is 11.8 Å². The van der Waals surface area contributed by atoms with Gasteiger partial charge in [0.2, 0.25) is 11.8 Å². The smallest absolute Gasteiger partial charge is 0.248 e. The maximum Gasteiger partial charge on any atom is 0.248 e. The molecule has 144 valence electrons. The first-order valence-corrected chi connectivity index (χ1v) is 9.60. The van der Waals surface area contributed by atoms with Gasteiger partial charge in [-0.15, -0.1) is 0 Å². The molecule has 2 fully saturated rings. The maximum atomic E-state index is 12.3. The molecule has 0 aliphatic carbocycles. The van der Waals surface area contributed by atoms with Crippen molar-refractivity contribution in [1.29, 1.82) is 0 Å². The molecule has 2 saturated heterocycles. The van der Waals surface area contributed by atoms with Gasteiger partial charge >= 0.3 is 0 Å². The number of carbonyl (C=O) groups excluding carboxylic acids is 2. The molecule has 0 aromatic carbocycles. The van der Waals surface area contributed by atoms with Crippen LogP contribution in [0.2, 0.25) is 0 Å². The fourth-order valence-electron chi connectivity index (χ4n) is 3.66. The Morgan fingerprint density at radius 2 is 1.96 bits per heavy atom. The van der Waals surface area contributed by atoms with Crippen molar-refractivity contribution in [2.75, 3.05) is 59.1 Å². The van der Waals surface area contributed by atoms with Gasteiger partial charge in [0.1, 0.15) is 6.61 Å². The van der Waals surface area contributed by atoms with Crippen LogP contribution in [-0.4, -0.2) is 85.8 Å². The highest BCUT2D eigenvalue weighted by atomic mass is 16.5. The van der Waals surface area contributed by atoms with Gasteiger partial charge in [-0.05, 0) is 45.1 Å². The van der Waals surface area contributed by atoms with Gasteiger partial charge in [0.15, 0.2) is 0 Å². The molecule has 0 radical (unpaired) electrons. The van der Waals surface area contributed by atoms with E-state index in [0.29, 0.717) is 32.2 Å². The van der Waals surface area contributed by atoms with Crippen molar-refractivity contribution in [3.63, 3.8) is 0 Å². The van der Waals surface area contributed by atoms with Gasteiger partial charge in [0.05, 0.1) is 0 Å². The third-order valence-corrected chi connectivity index (χ3v) is 5.24. The van der Waals surface area contributed by atoms with Crippen LogP contribution in [0.4, 0.5) is 0 Å². The topological polar surface area (TPSA) is 82.1 Å². The van der Waals surface area contributed by atoms with Crippen LogP contribution in [0.5, 0.6) is 0 Å². The molecule has 0 saturated carbocycles. The van der Waals surface area contributed by atoms with Gasteiger partial charge in [-0.2, -0.15) is 0 Å². The third kappa shape index (κ3) is 6.56. The van der Waals surface area contributed by atoms with E-state index in [1.54, 1.807) is 4.90 Å². The molecular formula is C18H33N3O4. The highest BCUT2D eigenvalue weighted by Crippen LogP contribution is 2.18. The standard InChI is InChI=1S/C18H33N3O4/c1-2-25-14-17(23)21-9-5-16(6-10-21)18(24)19-7-11-20-8-3-4-15(12-20)13-22/h15-16,22H,2-14H2,1H3,(H,19,24)/t15-/m1/s1. The molecule has 0 bridgehead atoms. The number of nitrogens with zero attached hydrogens (tertiary/aromatic N) is 2. The number of rotatable bonds is 8. The second kappa shape index (κ2) is 10.7. The Hall–Kier alpha value is -1.18. The lowest BCUT2D eigenvalue weighted by Gasteiger charge is -2.33. The summed E-state index contributed by atoms with van der Waals surface area (Å²) in [6.07, 6.45) is 3.66. The van der Waals surface area contributed by atoms with Crippen molar-refractivity contribution >= 4 is 11.8 Å². The van der Waals surface area contributed by atoms with E-state index in [2.05, 4.69) is 10.2 Å². The summed E-state index contributed by atoms with van der Waals surface area (Å²) in [5, 5.41) is 12.3. The quantitative estimate of drug-likeness (QED) is 0.644. The van der Waals surface area contributed by atoms with E-state index in [1.165, 1.54) is 0 Å². The predicted molar refractivity (Wildman–Crippen MR) is 95.1 cm³/mol. The summed E-state index contributed by atoms with van der Waals surface area (Å²) in [5.74, 6) is 0.502. The lowest BCUT2D eigenvalue weighted by atomic mass is 9.96. The summed E-state index contributed by atoms with van der Waals surface area (Å²) in [6, 6.07) is 0. The minimum atomic E-state index is 0.00249. The Morgan fingerprint density at radius 3 is 2.64 bits per heavy atom. The zero-order chi connectivity index (χ0) is 18.1. The van der Waals surface area contributed by atoms with E-state index in [4.69, 9.17) is 4.74 Å². The summed E-state index contributed by atoms with van der Waals surface area (Å²) in [6.45, 7) is 7.54. The predicted octanol–water partition coefficient (Wildman–Crippen LogP) is 0.0820. The summed E-state index contributed by atoms with van der Waals surface area (Å²) in [5.41, 5.74) is 0. The molecule has 0 aromatic rings. The highest BCUT2D eigenvalue weighted by Gasteiger charge is 2.27. The molecule has 0 spiro atoms. The molecule has 2 amide bonds. The van der Waals surface area contributed by atoms with Crippen molar-refractivity contribution < 1.29 is 19.4 Å². The van der Waals surface area contributed by atoms with Gasteiger partial charge in [-0.25, -0.2) is 0 Å². The SMILES string of the molecule is CCOCC(=O)N1CCC(C(=O)NCCN2CCC[C@@H](CO)C2)CC1. The van der Waals surface area contributed by atoms with Crippen LogP contribution in [0.3, 0.4) is 0 Å². The van der Waals surface area contributed by atoms with E-state index in [-0.39, 0.29) is 30.9 Å². The van der Waals surface area contributed by atoms with Gasteiger partial charge in [0.25, 0.3) is 0 Å². The Balaban J connectivity index is 1.61. The fourth-order valence-corrected chi connectivity index (χ4v) is 3.66. The lowest BCUT2D eigenvalue weighted by Crippen LogP contribution is -2.46. The van der Waals surface area contributed by atoms with Gasteiger partial charge in [0, 0.05) is 51.9 Å². The number of nitrogens with one attached hydrogen (secondary N) is 1. The zero-order valence-corrected chi connectivity index (χ0v) is 15.4. The van der Waals surface area contributed by atoms with E-state index in [1.807, 2.05) is 6.92 Å². The minimum absolute atomic E-state index is 0.00249. The largest absolute Gasteiger partial charge is 0.396 e. The van der Waals surface area contributed by atoms with Crippen LogP contribution < -0.4 is 5.32 Å². The van der Waals surface area contributed by atoms with Crippen molar-refractivity contribution in [1.82, 2.24) is 15.1 Å². The van der Waals surface area contributed by atoms with Crippen LogP contribution in [0.1, 0.15) is 32.6 Å². The van der Waals surface area contributed by atoms with E-state index < -0.39 is 0 Å². The zero-order valence-electron chi connectivity index (χ0n) is 15.4. The number of amides is 2. The lowest BCUT2D eigenvalue weighted by molar-refractivity contribution is -0.139. The van der Waals surface area contributed by atoms with Crippen molar-refractivity contribution in [3.8, 4) is 0 Å². The number of aliphatic hydroxyl groups excluding tert-OH is 1. The Morgan fingerprint density at radius 1 is 1.20 bits per heavy atom. The molecule has 2 aliphatic rings. The van der Waals surface area contributed by atoms with Crippen molar-refractivity contribution in [3.05, 3.63) is 0 Å². The summed E-state index contributed by atoms with van der Waals surface area (Å²) >= 11 is 0. The van der Waals surface area contributed by atoms with E-state index in [9.17, 15) is 14.7 Å². The van der Waals surface area contributed by atoms with Crippen LogP contribution in [0.15, 0.2) is 0 Å². The number of piperidine rings is 2. The second-order valence-electron chi connectivity index (χ2n) is 7.07. The third-order valence-electron chi connectivity index (χ3n) is 5.24. The van der Waals surface area contributed by atoms with Crippen LogP contribution >= 0.6 is 0 Å². The molecule has 2 aliphatic heterocycles. The fraction of sp³-hybridized carbons (Fsp3) is 0.889. The second-order valence-corrected chi connectivity index (χ2v) is 7.07. The molecule has 2 N–H and O–H groups in total. The molecule has 1 atom stereocenters. The Bertz CT molecular complexity index is 425. The molecule has 2 heterocycles. The first kappa shape index (κ1) is 20.1. The number of likely N-dealkylation sites (tertiary alicyclic amines) is 2. The summed E-state index contributed by atoms with van der Waals surface area (Å²) < 4.78 is 5.16. The molecule has 7 heteroatoms. The van der Waals surface area contributed by atoms with E-state index in [0.717, 1.165) is 45.3 Å². The van der Waals surface area contributed by atoms with Crippen LogP contribution in [-0.2, 0) is 14.3 Å². The summed E-state index contributed by atoms with van der Waals surface area (Å²) in [4.78, 5) is 28.3. The van der Waals surface area contributed by atoms with Gasteiger partial charge < -0.3 is 25.0 Å². The Labute approximate surface area is 150 Å². The molecule has 2 rings (SSSR count). The van der Waals surface area contributed by atoms with Gasteiger partial charge in [-0.1, -0.05) is 0 Å². The molecule has 7 nitrogen and oxygen atoms in total. The first-order valence-electron chi connectivity index (χ1n) is 9.60.